The Morgan fingerprint density at radius 2 is 1.18 bits per heavy atom. The van der Waals surface area contributed by atoms with Crippen molar-refractivity contribution in [3.63, 3.8) is 0 Å². The number of unbranched alkanes of at least 4 members (excludes halogenated alkanes) is 12. The summed E-state index contributed by atoms with van der Waals surface area (Å²) in [7, 11) is -4.28. The van der Waals surface area contributed by atoms with Gasteiger partial charge in [0.25, 0.3) is 10.1 Å². The van der Waals surface area contributed by atoms with Gasteiger partial charge in [-0.25, -0.2) is 0 Å². The Morgan fingerprint density at radius 1 is 0.697 bits per heavy atom. The molecule has 181 valence electrons. The van der Waals surface area contributed by atoms with Crippen molar-refractivity contribution in [1.29, 1.82) is 0 Å². The maximum absolute atomic E-state index is 12.5. The molecule has 0 aromatic heterocycles. The fourth-order valence-electron chi connectivity index (χ4n) is 4.74. The Balaban J connectivity index is 0.00000544. The molecule has 0 heterocycles. The molecule has 0 aliphatic heterocycles. The second kappa shape index (κ2) is 17.6. The topological polar surface area (TPSA) is 54.4 Å². The number of benzene rings is 2. The van der Waals surface area contributed by atoms with Crippen molar-refractivity contribution in [3.8, 4) is 0 Å². The normalized spacial score (nSPS) is 11.6. The molecule has 0 atom stereocenters. The Labute approximate surface area is 245 Å². The third kappa shape index (κ3) is 11.2. The first-order valence-corrected chi connectivity index (χ1v) is 14.4. The van der Waals surface area contributed by atoms with E-state index in [-0.39, 0.29) is 56.3 Å². The van der Waals surface area contributed by atoms with E-state index in [9.17, 15) is 13.0 Å². The molecule has 0 saturated heterocycles. The zero-order chi connectivity index (χ0) is 23.2. The summed E-state index contributed by atoms with van der Waals surface area (Å²) < 4.78 is 35.1. The van der Waals surface area contributed by atoms with Crippen LogP contribution in [0.1, 0.15) is 115 Å². The van der Waals surface area contributed by atoms with Gasteiger partial charge in [0.1, 0.15) is 4.90 Å². The van der Waals surface area contributed by atoms with Crippen LogP contribution in [-0.4, -0.2) is 64.4 Å². The summed E-state index contributed by atoms with van der Waals surface area (Å²) >= 11 is 0. The molecule has 0 amide bonds. The maximum atomic E-state index is 12.5. The van der Waals surface area contributed by atoms with Gasteiger partial charge in [-0.3, -0.25) is 4.55 Å². The second-order valence-electron chi connectivity index (χ2n) is 9.28. The summed E-state index contributed by atoms with van der Waals surface area (Å²) in [4.78, 5) is 0.152. The van der Waals surface area contributed by atoms with E-state index < -0.39 is 10.1 Å². The second-order valence-corrected chi connectivity index (χ2v) is 10.6. The van der Waals surface area contributed by atoms with E-state index in [0.29, 0.717) is 5.39 Å². The van der Waals surface area contributed by atoms with Crippen molar-refractivity contribution in [1.82, 2.24) is 0 Å². The van der Waals surface area contributed by atoms with E-state index in [1.165, 1.54) is 70.6 Å². The molecule has 0 aliphatic carbocycles. The van der Waals surface area contributed by atoms with E-state index in [1.807, 2.05) is 24.3 Å². The van der Waals surface area contributed by atoms with Crippen LogP contribution in [0.25, 0.3) is 10.8 Å². The van der Waals surface area contributed by atoms with Gasteiger partial charge >= 0.3 is 0 Å². The van der Waals surface area contributed by atoms with Gasteiger partial charge in [-0.2, -0.15) is 8.42 Å². The molecule has 0 bridgehead atoms. The van der Waals surface area contributed by atoms with Crippen molar-refractivity contribution >= 4 is 72.3 Å². The third-order valence-corrected chi connectivity index (χ3v) is 7.52. The Hall–Kier alpha value is 0.246. The average Bonchev–Trinajstić information content (AvgIpc) is 2.76. The van der Waals surface area contributed by atoms with Gasteiger partial charge in [0.05, 0.1) is 0 Å². The van der Waals surface area contributed by atoms with E-state index in [4.69, 9.17) is 0 Å². The minimum Gasteiger partial charge on any atom is -0.282 e. The van der Waals surface area contributed by atoms with Crippen LogP contribution in [0, 0.1) is 0 Å². The minimum atomic E-state index is -4.28. The first-order valence-electron chi connectivity index (χ1n) is 13.0. The maximum Gasteiger partial charge on any atom is 0.295 e. The number of rotatable bonds is 17. The first-order chi connectivity index (χ1) is 15.5. The van der Waals surface area contributed by atoms with Gasteiger partial charge < -0.3 is 0 Å². The summed E-state index contributed by atoms with van der Waals surface area (Å²) in [5.74, 6) is 0. The van der Waals surface area contributed by atoms with Crippen molar-refractivity contribution in [3.05, 3.63) is 41.5 Å². The Morgan fingerprint density at radius 3 is 1.73 bits per heavy atom. The monoisotopic (exact) mass is 499 g/mol. The van der Waals surface area contributed by atoms with Gasteiger partial charge in [-0.05, 0) is 42.2 Å². The van der Waals surface area contributed by atoms with Crippen molar-refractivity contribution in [2.45, 2.75) is 121 Å². The number of aryl methyl sites for hydroxylation is 1. The summed E-state index contributed by atoms with van der Waals surface area (Å²) in [5.41, 5.74) is 1.96. The molecule has 1 N–H and O–H groups in total. The predicted molar refractivity (Wildman–Crippen MR) is 143 cm³/mol. The smallest absolute Gasteiger partial charge is 0.282 e. The standard InChI is InChI=1S/C28H44O3S.K/c1-3-5-7-9-11-13-15-19-24-23-25-20-17-18-22-27(25)28(32(29,30)31)26(24)21-16-14-12-10-8-6-4-2;/h17-18,20,22-23H,3-16,19,21H2,1-2H3,(H,29,30,31);. The Bertz CT molecular complexity index is 909. The van der Waals surface area contributed by atoms with Crippen LogP contribution in [0.4, 0.5) is 0 Å². The molecule has 33 heavy (non-hydrogen) atoms. The molecular formula is C28H44KO3S. The van der Waals surface area contributed by atoms with E-state index in [0.717, 1.165) is 48.6 Å². The van der Waals surface area contributed by atoms with Crippen LogP contribution in [-0.2, 0) is 23.0 Å². The average molecular weight is 500 g/mol. The van der Waals surface area contributed by atoms with Gasteiger partial charge in [0.15, 0.2) is 0 Å². The van der Waals surface area contributed by atoms with Crippen LogP contribution < -0.4 is 0 Å². The molecule has 0 saturated carbocycles. The summed E-state index contributed by atoms with van der Waals surface area (Å²) in [5, 5.41) is 1.55. The number of fused-ring (bicyclic) bond motifs is 1. The fraction of sp³-hybridized carbons (Fsp3) is 0.643. The fourth-order valence-corrected chi connectivity index (χ4v) is 5.74. The zero-order valence-electron chi connectivity index (χ0n) is 21.4. The van der Waals surface area contributed by atoms with Gasteiger partial charge in [-0.15, -0.1) is 0 Å². The quantitative estimate of drug-likeness (QED) is 0.135. The molecule has 3 nitrogen and oxygen atoms in total. The Kier molecular flexibility index (Phi) is 16.7. The molecule has 0 spiro atoms. The van der Waals surface area contributed by atoms with E-state index in [2.05, 4.69) is 19.9 Å². The van der Waals surface area contributed by atoms with Gasteiger partial charge in [0, 0.05) is 56.8 Å². The molecule has 2 aromatic carbocycles. The zero-order valence-corrected chi connectivity index (χ0v) is 25.3. The number of hydrogen-bond donors (Lipinski definition) is 1. The van der Waals surface area contributed by atoms with Crippen LogP contribution in [0.5, 0.6) is 0 Å². The summed E-state index contributed by atoms with van der Waals surface area (Å²) in [6.45, 7) is 4.46. The van der Waals surface area contributed by atoms with Crippen LogP contribution in [0.3, 0.4) is 0 Å². The SMILES string of the molecule is CCCCCCCCCc1cc2ccccc2c(S(=O)(=O)O)c1CCCCCCCCC.[K]. The summed E-state index contributed by atoms with van der Waals surface area (Å²) in [6, 6.07) is 9.73. The molecule has 0 aliphatic rings. The van der Waals surface area contributed by atoms with Crippen LogP contribution in [0.2, 0.25) is 0 Å². The number of hydrogen-bond acceptors (Lipinski definition) is 2. The molecule has 0 unspecified atom stereocenters. The van der Waals surface area contributed by atoms with E-state index >= 15 is 0 Å². The van der Waals surface area contributed by atoms with Crippen molar-refractivity contribution in [2.24, 2.45) is 0 Å². The third-order valence-electron chi connectivity index (χ3n) is 6.53. The van der Waals surface area contributed by atoms with Crippen LogP contribution >= 0.6 is 0 Å². The summed E-state index contributed by atoms with van der Waals surface area (Å²) in [6.07, 6.45) is 18.6. The molecule has 5 heteroatoms. The van der Waals surface area contributed by atoms with E-state index in [1.54, 1.807) is 0 Å². The first kappa shape index (κ1) is 31.3. The molecular weight excluding hydrogens is 455 g/mol. The van der Waals surface area contributed by atoms with Crippen molar-refractivity contribution < 1.29 is 13.0 Å². The molecule has 0 fully saturated rings. The van der Waals surface area contributed by atoms with Crippen LogP contribution in [0.15, 0.2) is 35.2 Å². The largest absolute Gasteiger partial charge is 0.295 e. The van der Waals surface area contributed by atoms with Gasteiger partial charge in [0.2, 0.25) is 0 Å². The molecule has 2 rings (SSSR count). The minimum absolute atomic E-state index is 0. The molecule has 2 aromatic rings. The predicted octanol–water partition coefficient (Wildman–Crippen LogP) is 8.29. The molecule has 1 radical (unpaired) electrons. The van der Waals surface area contributed by atoms with Gasteiger partial charge in [-0.1, -0.05) is 121 Å². The van der Waals surface area contributed by atoms with Crippen molar-refractivity contribution in [2.75, 3.05) is 0 Å².